The minimum absolute atomic E-state index is 0.711. The maximum atomic E-state index is 11.6. The van der Waals surface area contributed by atoms with Crippen LogP contribution in [0.1, 0.15) is 27.0 Å². The zero-order valence-electron chi connectivity index (χ0n) is 13.3. The van der Waals surface area contributed by atoms with Crippen LogP contribution in [0.25, 0.3) is 22.2 Å². The van der Waals surface area contributed by atoms with Crippen molar-refractivity contribution in [2.45, 2.75) is 20.8 Å². The van der Waals surface area contributed by atoms with Crippen molar-refractivity contribution in [2.24, 2.45) is 0 Å². The number of aryl methyl sites for hydroxylation is 3. The third kappa shape index (κ3) is 2.10. The second kappa shape index (κ2) is 5.34. The summed E-state index contributed by atoms with van der Waals surface area (Å²) in [5.74, 6) is 0.847. The number of fused-ring (bicyclic) bond motifs is 1. The van der Waals surface area contributed by atoms with E-state index in [1.165, 1.54) is 11.1 Å². The summed E-state index contributed by atoms with van der Waals surface area (Å²) in [6, 6.07) is 10.0. The minimum atomic E-state index is 0.711. The number of carbonyl (C=O) groups is 1. The van der Waals surface area contributed by atoms with E-state index in [0.717, 1.165) is 39.8 Å². The third-order valence-corrected chi connectivity index (χ3v) is 4.35. The highest BCUT2D eigenvalue weighted by Crippen LogP contribution is 2.33. The molecule has 0 spiro atoms. The lowest BCUT2D eigenvalue weighted by atomic mass is 10.0. The maximum Gasteiger partial charge on any atom is 0.152 e. The molecule has 3 rings (SSSR count). The van der Waals surface area contributed by atoms with Crippen LogP contribution in [0, 0.1) is 20.8 Å². The number of hydrogen-bond donors (Lipinski definition) is 1. The Labute approximate surface area is 129 Å². The van der Waals surface area contributed by atoms with Gasteiger partial charge in [-0.15, -0.1) is 0 Å². The molecule has 0 aliphatic rings. The minimum Gasteiger partial charge on any atom is -0.496 e. The first-order valence-corrected chi connectivity index (χ1v) is 7.29. The molecule has 0 amide bonds. The molecule has 0 aliphatic carbocycles. The molecule has 2 aromatic carbocycles. The number of rotatable bonds is 3. The maximum absolute atomic E-state index is 11.6. The molecule has 22 heavy (non-hydrogen) atoms. The average molecular weight is 293 g/mol. The van der Waals surface area contributed by atoms with Crippen molar-refractivity contribution in [3.63, 3.8) is 0 Å². The number of carbonyl (C=O) groups excluding carboxylic acids is 1. The van der Waals surface area contributed by atoms with E-state index in [4.69, 9.17) is 4.74 Å². The molecule has 1 heterocycles. The van der Waals surface area contributed by atoms with E-state index in [-0.39, 0.29) is 0 Å². The Morgan fingerprint density at radius 3 is 2.45 bits per heavy atom. The molecule has 0 saturated heterocycles. The van der Waals surface area contributed by atoms with E-state index in [0.29, 0.717) is 5.56 Å². The first-order chi connectivity index (χ1) is 10.6. The highest BCUT2D eigenvalue weighted by atomic mass is 16.5. The fraction of sp³-hybridized carbons (Fsp3) is 0.211. The van der Waals surface area contributed by atoms with Crippen molar-refractivity contribution in [1.82, 2.24) is 4.98 Å². The molecule has 0 atom stereocenters. The molecule has 0 saturated carbocycles. The predicted octanol–water partition coefficient (Wildman–Crippen LogP) is 4.58. The summed E-state index contributed by atoms with van der Waals surface area (Å²) in [7, 11) is 1.66. The summed E-state index contributed by atoms with van der Waals surface area (Å²) in [6.07, 6.45) is 0.933. The number of ether oxygens (including phenoxy) is 1. The number of H-pyrrole nitrogens is 1. The van der Waals surface area contributed by atoms with Gasteiger partial charge in [0.1, 0.15) is 5.75 Å². The number of methoxy groups -OCH3 is 1. The second-order valence-electron chi connectivity index (χ2n) is 5.65. The summed E-state index contributed by atoms with van der Waals surface area (Å²) in [6.45, 7) is 6.15. The number of aromatic amines is 1. The Balaban J connectivity index is 2.29. The lowest BCUT2D eigenvalue weighted by Crippen LogP contribution is -1.89. The lowest BCUT2D eigenvalue weighted by Gasteiger charge is -2.07. The highest BCUT2D eigenvalue weighted by Gasteiger charge is 2.15. The Morgan fingerprint density at radius 2 is 1.82 bits per heavy atom. The monoisotopic (exact) mass is 293 g/mol. The van der Waals surface area contributed by atoms with Crippen molar-refractivity contribution in [2.75, 3.05) is 7.11 Å². The predicted molar refractivity (Wildman–Crippen MR) is 89.9 cm³/mol. The van der Waals surface area contributed by atoms with Crippen molar-refractivity contribution in [1.29, 1.82) is 0 Å². The average Bonchev–Trinajstić information content (AvgIpc) is 2.90. The smallest absolute Gasteiger partial charge is 0.152 e. The number of aromatic nitrogens is 1. The highest BCUT2D eigenvalue weighted by molar-refractivity contribution is 6.05. The largest absolute Gasteiger partial charge is 0.496 e. The molecule has 0 aliphatic heterocycles. The molecule has 112 valence electrons. The third-order valence-electron chi connectivity index (χ3n) is 4.35. The van der Waals surface area contributed by atoms with Gasteiger partial charge < -0.3 is 9.72 Å². The van der Waals surface area contributed by atoms with E-state index in [1.54, 1.807) is 7.11 Å². The SMILES string of the molecule is COc1ccc(-c2[nH]c3c(C)c(C)ccc3c2C=O)cc1C. The summed E-state index contributed by atoms with van der Waals surface area (Å²) in [5, 5.41) is 0.974. The van der Waals surface area contributed by atoms with Crippen LogP contribution in [0.5, 0.6) is 5.75 Å². The van der Waals surface area contributed by atoms with Gasteiger partial charge in [0.25, 0.3) is 0 Å². The van der Waals surface area contributed by atoms with Crippen molar-refractivity contribution >= 4 is 17.2 Å². The van der Waals surface area contributed by atoms with Gasteiger partial charge in [0.05, 0.1) is 12.8 Å². The Kier molecular flexibility index (Phi) is 3.49. The Hall–Kier alpha value is -2.55. The van der Waals surface area contributed by atoms with Crippen LogP contribution >= 0.6 is 0 Å². The summed E-state index contributed by atoms with van der Waals surface area (Å²) >= 11 is 0. The normalized spacial score (nSPS) is 10.9. The molecule has 0 fully saturated rings. The van der Waals surface area contributed by atoms with Crippen LogP contribution < -0.4 is 4.74 Å². The molecule has 0 unspecified atom stereocenters. The summed E-state index contributed by atoms with van der Waals surface area (Å²) in [4.78, 5) is 15.1. The van der Waals surface area contributed by atoms with Crippen LogP contribution in [-0.2, 0) is 0 Å². The van der Waals surface area contributed by atoms with Gasteiger partial charge in [-0.1, -0.05) is 12.1 Å². The molecule has 3 heteroatoms. The Bertz CT molecular complexity index is 875. The van der Waals surface area contributed by atoms with Crippen LogP contribution in [-0.4, -0.2) is 18.4 Å². The van der Waals surface area contributed by atoms with E-state index in [2.05, 4.69) is 24.9 Å². The zero-order chi connectivity index (χ0) is 15.9. The van der Waals surface area contributed by atoms with Crippen LogP contribution in [0.3, 0.4) is 0 Å². The van der Waals surface area contributed by atoms with Gasteiger partial charge in [-0.25, -0.2) is 0 Å². The van der Waals surface area contributed by atoms with Crippen molar-refractivity contribution in [3.8, 4) is 17.0 Å². The molecule has 1 N–H and O–H groups in total. The number of hydrogen-bond acceptors (Lipinski definition) is 2. The topological polar surface area (TPSA) is 42.1 Å². The molecule has 0 radical (unpaired) electrons. The lowest BCUT2D eigenvalue weighted by molar-refractivity contribution is 0.112. The number of aldehydes is 1. The summed E-state index contributed by atoms with van der Waals surface area (Å²) in [5.41, 5.74) is 7.04. The molecule has 1 aromatic heterocycles. The fourth-order valence-electron chi connectivity index (χ4n) is 2.91. The van der Waals surface area contributed by atoms with Crippen LogP contribution in [0.2, 0.25) is 0 Å². The number of benzene rings is 2. The van der Waals surface area contributed by atoms with Gasteiger partial charge in [-0.2, -0.15) is 0 Å². The van der Waals surface area contributed by atoms with Crippen molar-refractivity contribution in [3.05, 3.63) is 52.6 Å². The van der Waals surface area contributed by atoms with E-state index in [1.807, 2.05) is 31.2 Å². The van der Waals surface area contributed by atoms with Crippen molar-refractivity contribution < 1.29 is 9.53 Å². The van der Waals surface area contributed by atoms with Gasteiger partial charge in [-0.05, 0) is 61.2 Å². The zero-order valence-corrected chi connectivity index (χ0v) is 13.3. The number of nitrogens with one attached hydrogen (secondary N) is 1. The molecule has 3 aromatic rings. The van der Waals surface area contributed by atoms with Crippen LogP contribution in [0.15, 0.2) is 30.3 Å². The first kappa shape index (κ1) is 14.4. The quantitative estimate of drug-likeness (QED) is 0.718. The van der Waals surface area contributed by atoms with Crippen LogP contribution in [0.4, 0.5) is 0 Å². The van der Waals surface area contributed by atoms with E-state index in [9.17, 15) is 4.79 Å². The van der Waals surface area contributed by atoms with Gasteiger partial charge in [0, 0.05) is 16.5 Å². The van der Waals surface area contributed by atoms with Gasteiger partial charge in [-0.3, -0.25) is 4.79 Å². The first-order valence-electron chi connectivity index (χ1n) is 7.29. The molecule has 3 nitrogen and oxygen atoms in total. The molecular weight excluding hydrogens is 274 g/mol. The van der Waals surface area contributed by atoms with E-state index < -0.39 is 0 Å². The molecular formula is C19H19NO2. The summed E-state index contributed by atoms with van der Waals surface area (Å²) < 4.78 is 5.31. The fourth-order valence-corrected chi connectivity index (χ4v) is 2.91. The van der Waals surface area contributed by atoms with Gasteiger partial charge in [0.2, 0.25) is 0 Å². The Morgan fingerprint density at radius 1 is 1.05 bits per heavy atom. The second-order valence-corrected chi connectivity index (χ2v) is 5.65. The van der Waals surface area contributed by atoms with E-state index >= 15 is 0 Å². The van der Waals surface area contributed by atoms with Gasteiger partial charge in [0.15, 0.2) is 6.29 Å². The van der Waals surface area contributed by atoms with Gasteiger partial charge >= 0.3 is 0 Å². The standard InChI is InChI=1S/C19H19NO2/c1-11-5-7-15-16(10-21)19(20-18(15)13(11)3)14-6-8-17(22-4)12(2)9-14/h5-10,20H,1-4H3. The molecule has 0 bridgehead atoms.